The van der Waals surface area contributed by atoms with E-state index in [1.165, 1.54) is 6.20 Å². The molecule has 0 fully saturated rings. The molecule has 52 heavy (non-hydrogen) atoms. The molecule has 5 rings (SSSR count). The number of furan rings is 1. The van der Waals surface area contributed by atoms with Gasteiger partial charge in [0.15, 0.2) is 5.82 Å². The summed E-state index contributed by atoms with van der Waals surface area (Å²) in [7, 11) is 0. The van der Waals surface area contributed by atoms with E-state index < -0.39 is 21.9 Å². The molecular formula is C40H43FN2O8S. The Morgan fingerprint density at radius 1 is 0.846 bits per heavy atom. The standard InChI is InChI=1S/C40H43FN2O8S/c1-6-47-36(44)21-27-12-8-10-14-34(27)49-24-26-18-29-20-30(25-50-35-15-11-9-13-28(35)22-37(45)48-7-2)51-39(29)32(19-26)31-16-17-42-33(38(31)41)23-43-52(46)40(3,4)5/h8-20,43H,6-7,21-25H2,1-5H3. The van der Waals surface area contributed by atoms with Crippen molar-refractivity contribution in [3.8, 4) is 22.6 Å². The number of rotatable bonds is 16. The molecule has 0 aliphatic rings. The number of aromatic nitrogens is 1. The van der Waals surface area contributed by atoms with Crippen LogP contribution in [0.25, 0.3) is 22.1 Å². The number of nitrogens with zero attached hydrogens (tertiary/aromatic N) is 1. The molecule has 2 aromatic heterocycles. The summed E-state index contributed by atoms with van der Waals surface area (Å²) in [4.78, 5) is 28.7. The zero-order valence-electron chi connectivity index (χ0n) is 30.0. The predicted octanol–water partition coefficient (Wildman–Crippen LogP) is 7.55. The number of carbonyl (C=O) groups excluding carboxylic acids is 2. The van der Waals surface area contributed by atoms with Crippen molar-refractivity contribution in [1.82, 2.24) is 9.71 Å². The minimum absolute atomic E-state index is 0.0354. The second-order valence-corrected chi connectivity index (χ2v) is 14.9. The van der Waals surface area contributed by atoms with Gasteiger partial charge in [0.2, 0.25) is 0 Å². The third kappa shape index (κ3) is 9.90. The largest absolute Gasteiger partial charge is 0.598 e. The van der Waals surface area contributed by atoms with Gasteiger partial charge in [-0.25, -0.2) is 4.39 Å². The molecule has 2 heterocycles. The van der Waals surface area contributed by atoms with Crippen molar-refractivity contribution in [2.45, 2.75) is 72.0 Å². The van der Waals surface area contributed by atoms with Gasteiger partial charge < -0.3 is 27.9 Å². The lowest BCUT2D eigenvalue weighted by molar-refractivity contribution is -0.143. The van der Waals surface area contributed by atoms with Gasteiger partial charge in [-0.05, 0) is 76.6 Å². The van der Waals surface area contributed by atoms with Gasteiger partial charge in [0.05, 0.1) is 38.3 Å². The molecule has 12 heteroatoms. The Hall–Kier alpha value is -4.91. The van der Waals surface area contributed by atoms with Crippen molar-refractivity contribution in [2.24, 2.45) is 0 Å². The van der Waals surface area contributed by atoms with Crippen molar-refractivity contribution < 1.29 is 41.9 Å². The van der Waals surface area contributed by atoms with Crippen LogP contribution in [-0.4, -0.2) is 39.4 Å². The van der Waals surface area contributed by atoms with Gasteiger partial charge in [0.25, 0.3) is 0 Å². The highest BCUT2D eigenvalue weighted by Gasteiger charge is 2.27. The van der Waals surface area contributed by atoms with E-state index in [0.717, 1.165) is 0 Å². The van der Waals surface area contributed by atoms with Crippen LogP contribution in [0.2, 0.25) is 0 Å². The first-order valence-electron chi connectivity index (χ1n) is 17.0. The number of fused-ring (bicyclic) bond motifs is 1. The zero-order valence-corrected chi connectivity index (χ0v) is 30.8. The van der Waals surface area contributed by atoms with Crippen LogP contribution in [0, 0.1) is 5.82 Å². The van der Waals surface area contributed by atoms with Crippen molar-refractivity contribution >= 4 is 34.3 Å². The first-order chi connectivity index (χ1) is 25.0. The van der Waals surface area contributed by atoms with Crippen LogP contribution in [0.4, 0.5) is 4.39 Å². The van der Waals surface area contributed by atoms with Crippen LogP contribution in [0.1, 0.15) is 62.8 Å². The number of esters is 2. The van der Waals surface area contributed by atoms with Gasteiger partial charge in [0.1, 0.15) is 40.8 Å². The molecule has 10 nitrogen and oxygen atoms in total. The van der Waals surface area contributed by atoms with Gasteiger partial charge in [-0.2, -0.15) is 0 Å². The second kappa shape index (κ2) is 17.5. The van der Waals surface area contributed by atoms with Crippen LogP contribution in [0.15, 0.2) is 83.4 Å². The highest BCUT2D eigenvalue weighted by molar-refractivity contribution is 7.90. The number of halogens is 1. The summed E-state index contributed by atoms with van der Waals surface area (Å²) in [6.45, 7) is 9.64. The van der Waals surface area contributed by atoms with E-state index in [0.29, 0.717) is 50.5 Å². The highest BCUT2D eigenvalue weighted by Crippen LogP contribution is 2.36. The van der Waals surface area contributed by atoms with Gasteiger partial charge in [0, 0.05) is 45.2 Å². The molecule has 0 aliphatic heterocycles. The number of hydrogen-bond acceptors (Lipinski definition) is 10. The highest BCUT2D eigenvalue weighted by atomic mass is 32.2. The molecule has 1 atom stereocenters. The van der Waals surface area contributed by atoms with E-state index in [1.807, 2.05) is 63.2 Å². The Morgan fingerprint density at radius 2 is 1.44 bits per heavy atom. The van der Waals surface area contributed by atoms with Gasteiger partial charge in [-0.1, -0.05) is 36.4 Å². The Morgan fingerprint density at radius 3 is 2.04 bits per heavy atom. The van der Waals surface area contributed by atoms with E-state index in [2.05, 4.69) is 9.71 Å². The maximum Gasteiger partial charge on any atom is 0.310 e. The molecule has 274 valence electrons. The average molecular weight is 731 g/mol. The third-order valence-corrected chi connectivity index (χ3v) is 9.41. The molecule has 1 N–H and O–H groups in total. The molecular weight excluding hydrogens is 688 g/mol. The van der Waals surface area contributed by atoms with E-state index in [4.69, 9.17) is 23.4 Å². The number of para-hydroxylation sites is 2. The predicted molar refractivity (Wildman–Crippen MR) is 196 cm³/mol. The molecule has 0 amide bonds. The van der Waals surface area contributed by atoms with E-state index in [1.54, 1.807) is 44.2 Å². The van der Waals surface area contributed by atoms with E-state index in [9.17, 15) is 14.1 Å². The molecule has 0 bridgehead atoms. The number of hydrogen-bond donors (Lipinski definition) is 1. The lowest BCUT2D eigenvalue weighted by Gasteiger charge is -2.23. The SMILES string of the molecule is CCOC(=O)Cc1ccccc1OCc1cc(-c2ccnc(CN[S+]([O-])C(C)(C)C)c2F)c2oc(COc3ccccc3CC(=O)OCC)cc2c1. The fourth-order valence-corrected chi connectivity index (χ4v) is 6.12. The number of ether oxygens (including phenoxy) is 4. The molecule has 0 radical (unpaired) electrons. The van der Waals surface area contributed by atoms with E-state index >= 15 is 4.39 Å². The fourth-order valence-electron chi connectivity index (χ4n) is 5.42. The first-order valence-corrected chi connectivity index (χ1v) is 18.2. The molecule has 0 spiro atoms. The van der Waals surface area contributed by atoms with Crippen LogP contribution in [-0.2, 0) is 63.0 Å². The second-order valence-electron chi connectivity index (χ2n) is 12.9. The smallest absolute Gasteiger partial charge is 0.310 e. The van der Waals surface area contributed by atoms with Gasteiger partial charge >= 0.3 is 11.9 Å². The zero-order chi connectivity index (χ0) is 37.3. The Balaban J connectivity index is 1.48. The van der Waals surface area contributed by atoms with Crippen molar-refractivity contribution in [3.05, 3.63) is 113 Å². The molecule has 5 aromatic rings. The van der Waals surface area contributed by atoms with Crippen LogP contribution >= 0.6 is 0 Å². The minimum Gasteiger partial charge on any atom is -0.598 e. The summed E-state index contributed by atoms with van der Waals surface area (Å²) in [6.07, 6.45) is 1.62. The lowest BCUT2D eigenvalue weighted by Crippen LogP contribution is -2.39. The van der Waals surface area contributed by atoms with Gasteiger partial charge in [-0.3, -0.25) is 14.6 Å². The van der Waals surface area contributed by atoms with Crippen molar-refractivity contribution in [3.63, 3.8) is 0 Å². The summed E-state index contributed by atoms with van der Waals surface area (Å²) >= 11 is -1.43. The lowest BCUT2D eigenvalue weighted by atomic mass is 10.00. The number of pyridine rings is 1. The first kappa shape index (κ1) is 38.3. The normalized spacial score (nSPS) is 12.1. The quantitative estimate of drug-likeness (QED) is 0.0802. The maximum atomic E-state index is 16.3. The van der Waals surface area contributed by atoms with Crippen LogP contribution in [0.3, 0.4) is 0 Å². The summed E-state index contributed by atoms with van der Waals surface area (Å²) < 4.78 is 60.1. The number of nitrogens with one attached hydrogen (secondary N) is 1. The molecule has 0 saturated heterocycles. The van der Waals surface area contributed by atoms with Crippen molar-refractivity contribution in [1.29, 1.82) is 0 Å². The molecule has 1 unspecified atom stereocenters. The van der Waals surface area contributed by atoms with E-state index in [-0.39, 0.29) is 69.0 Å². The van der Waals surface area contributed by atoms with Crippen molar-refractivity contribution in [2.75, 3.05) is 13.2 Å². The summed E-state index contributed by atoms with van der Waals surface area (Å²) in [5, 5.41) is 0.680. The Labute approximate surface area is 305 Å². The summed E-state index contributed by atoms with van der Waals surface area (Å²) in [6, 6.07) is 21.5. The maximum absolute atomic E-state index is 16.3. The van der Waals surface area contributed by atoms with Crippen LogP contribution in [0.5, 0.6) is 11.5 Å². The fraction of sp³-hybridized carbons (Fsp3) is 0.325. The minimum atomic E-state index is -1.43. The monoisotopic (exact) mass is 730 g/mol. The number of carbonyl (C=O) groups is 2. The topological polar surface area (TPSA) is 132 Å². The Bertz CT molecular complexity index is 2010. The van der Waals surface area contributed by atoms with Crippen LogP contribution < -0.4 is 14.2 Å². The van der Waals surface area contributed by atoms with Gasteiger partial charge in [-0.15, -0.1) is 4.72 Å². The molecule has 0 aliphatic carbocycles. The molecule has 3 aromatic carbocycles. The molecule has 0 saturated carbocycles. The average Bonchev–Trinajstić information content (AvgIpc) is 3.53. The third-order valence-electron chi connectivity index (χ3n) is 7.90. The number of benzene rings is 3. The summed E-state index contributed by atoms with van der Waals surface area (Å²) in [5.74, 6) is 0.207. The Kier molecular flexibility index (Phi) is 12.9. The summed E-state index contributed by atoms with van der Waals surface area (Å²) in [5.41, 5.74) is 3.29.